The maximum Gasteiger partial charge on any atom is 0.255 e. The minimum absolute atomic E-state index is 0.0248. The van der Waals surface area contributed by atoms with Gasteiger partial charge in [0, 0.05) is 62.2 Å². The van der Waals surface area contributed by atoms with Gasteiger partial charge in [-0.1, -0.05) is 24.3 Å². The molecule has 2 aromatic rings. The molecule has 0 saturated carbocycles. The fraction of sp³-hybridized carbons (Fsp3) is 0.417. The van der Waals surface area contributed by atoms with Crippen LogP contribution in [0.15, 0.2) is 48.5 Å². The quantitative estimate of drug-likeness (QED) is 0.846. The van der Waals surface area contributed by atoms with Crippen molar-refractivity contribution in [3.63, 3.8) is 0 Å². The number of nitrogens with zero attached hydrogens (tertiary/aromatic N) is 2. The first kappa shape index (κ1) is 20.6. The number of nitrogens with one attached hydrogen (secondary N) is 1. The van der Waals surface area contributed by atoms with Gasteiger partial charge in [0.2, 0.25) is 0 Å². The van der Waals surface area contributed by atoms with Crippen molar-refractivity contribution in [2.75, 3.05) is 44.7 Å². The van der Waals surface area contributed by atoms with Crippen LogP contribution in [0.4, 0.5) is 5.69 Å². The molecule has 2 aromatic carbocycles. The molecule has 158 valence electrons. The zero-order chi connectivity index (χ0) is 20.9. The number of aryl methyl sites for hydroxylation is 1. The molecule has 6 heteroatoms. The maximum atomic E-state index is 13.1. The van der Waals surface area contributed by atoms with E-state index in [1.54, 1.807) is 18.2 Å². The number of amides is 2. The van der Waals surface area contributed by atoms with Crippen molar-refractivity contribution < 1.29 is 14.3 Å². The number of hydrogen-bond acceptors (Lipinski definition) is 4. The van der Waals surface area contributed by atoms with Gasteiger partial charge in [-0.25, -0.2) is 0 Å². The van der Waals surface area contributed by atoms with Crippen molar-refractivity contribution in [1.82, 2.24) is 9.80 Å². The van der Waals surface area contributed by atoms with Crippen molar-refractivity contribution in [2.45, 2.75) is 25.8 Å². The largest absolute Gasteiger partial charge is 0.381 e. The van der Waals surface area contributed by atoms with Crippen molar-refractivity contribution in [3.05, 3.63) is 65.2 Å². The third-order valence-corrected chi connectivity index (χ3v) is 6.08. The zero-order valence-corrected chi connectivity index (χ0v) is 17.5. The predicted molar refractivity (Wildman–Crippen MR) is 117 cm³/mol. The molecule has 2 saturated heterocycles. The summed E-state index contributed by atoms with van der Waals surface area (Å²) in [5.41, 5.74) is 2.82. The minimum atomic E-state index is -0.173. The Balaban J connectivity index is 1.40. The number of rotatable bonds is 4. The highest BCUT2D eigenvalue weighted by molar-refractivity contribution is 6.05. The Morgan fingerprint density at radius 3 is 2.33 bits per heavy atom. The molecule has 30 heavy (non-hydrogen) atoms. The predicted octanol–water partition coefficient (Wildman–Crippen LogP) is 3.18. The van der Waals surface area contributed by atoms with Gasteiger partial charge in [-0.3, -0.25) is 14.5 Å². The molecular weight excluding hydrogens is 378 g/mol. The van der Waals surface area contributed by atoms with Gasteiger partial charge in [0.25, 0.3) is 11.8 Å². The van der Waals surface area contributed by atoms with Gasteiger partial charge in [-0.05, 0) is 49.6 Å². The summed E-state index contributed by atoms with van der Waals surface area (Å²) in [5, 5.41) is 2.95. The van der Waals surface area contributed by atoms with Crippen molar-refractivity contribution in [2.24, 2.45) is 0 Å². The molecular formula is C24H29N3O3. The van der Waals surface area contributed by atoms with E-state index in [1.165, 1.54) is 0 Å². The van der Waals surface area contributed by atoms with Crippen LogP contribution in [0, 0.1) is 6.92 Å². The fourth-order valence-corrected chi connectivity index (χ4v) is 4.20. The second kappa shape index (κ2) is 9.41. The van der Waals surface area contributed by atoms with E-state index < -0.39 is 0 Å². The Bertz CT molecular complexity index is 886. The monoisotopic (exact) mass is 407 g/mol. The van der Waals surface area contributed by atoms with E-state index in [1.807, 2.05) is 42.2 Å². The molecule has 0 unspecified atom stereocenters. The lowest BCUT2D eigenvalue weighted by Gasteiger charge is -2.40. The van der Waals surface area contributed by atoms with Gasteiger partial charge in [0.15, 0.2) is 0 Å². The minimum Gasteiger partial charge on any atom is -0.381 e. The van der Waals surface area contributed by atoms with E-state index in [0.717, 1.165) is 57.8 Å². The number of anilines is 1. The van der Waals surface area contributed by atoms with Crippen LogP contribution in [0.25, 0.3) is 0 Å². The first-order valence-corrected chi connectivity index (χ1v) is 10.7. The van der Waals surface area contributed by atoms with Crippen LogP contribution in [-0.4, -0.2) is 67.0 Å². The van der Waals surface area contributed by atoms with Gasteiger partial charge < -0.3 is 15.0 Å². The Morgan fingerprint density at radius 1 is 0.933 bits per heavy atom. The highest BCUT2D eigenvalue weighted by atomic mass is 16.5. The molecule has 2 amide bonds. The lowest BCUT2D eigenvalue weighted by molar-refractivity contribution is 0.0137. The summed E-state index contributed by atoms with van der Waals surface area (Å²) in [6, 6.07) is 15.2. The Hall–Kier alpha value is -2.70. The number of piperazine rings is 1. The molecule has 2 aliphatic rings. The van der Waals surface area contributed by atoms with Crippen LogP contribution >= 0.6 is 0 Å². The summed E-state index contributed by atoms with van der Waals surface area (Å²) in [4.78, 5) is 30.0. The third kappa shape index (κ3) is 4.71. The molecule has 0 atom stereocenters. The summed E-state index contributed by atoms with van der Waals surface area (Å²) in [7, 11) is 0. The molecule has 2 fully saturated rings. The van der Waals surface area contributed by atoms with Crippen LogP contribution in [0.5, 0.6) is 0 Å². The van der Waals surface area contributed by atoms with Crippen LogP contribution in [0.2, 0.25) is 0 Å². The van der Waals surface area contributed by atoms with E-state index in [4.69, 9.17) is 4.74 Å². The normalized spacial score (nSPS) is 18.2. The standard InChI is InChI=1S/C24H29N3O3/c1-18-7-8-20(17-22(18)25-23(28)19-5-3-2-4-6-19)24(29)27-13-11-26(12-14-27)21-9-15-30-16-10-21/h2-8,17,21H,9-16H2,1H3,(H,25,28). The number of carbonyl (C=O) groups excluding carboxylic acids is 2. The van der Waals surface area contributed by atoms with E-state index in [0.29, 0.717) is 22.9 Å². The second-order valence-electron chi connectivity index (χ2n) is 8.02. The Morgan fingerprint density at radius 2 is 1.63 bits per heavy atom. The third-order valence-electron chi connectivity index (χ3n) is 6.08. The molecule has 0 bridgehead atoms. The number of benzene rings is 2. The Labute approximate surface area is 177 Å². The summed E-state index contributed by atoms with van der Waals surface area (Å²) < 4.78 is 5.46. The molecule has 2 aliphatic heterocycles. The van der Waals surface area contributed by atoms with Crippen LogP contribution < -0.4 is 5.32 Å². The fourth-order valence-electron chi connectivity index (χ4n) is 4.20. The maximum absolute atomic E-state index is 13.1. The number of hydrogen-bond donors (Lipinski definition) is 1. The van der Waals surface area contributed by atoms with E-state index in [-0.39, 0.29) is 11.8 Å². The zero-order valence-electron chi connectivity index (χ0n) is 17.5. The molecule has 0 spiro atoms. The van der Waals surface area contributed by atoms with Crippen LogP contribution in [0.3, 0.4) is 0 Å². The molecule has 4 rings (SSSR count). The molecule has 0 aliphatic carbocycles. The molecule has 0 radical (unpaired) electrons. The summed E-state index contributed by atoms with van der Waals surface area (Å²) in [6.45, 7) is 6.88. The average molecular weight is 408 g/mol. The first-order chi connectivity index (χ1) is 14.6. The molecule has 2 heterocycles. The van der Waals surface area contributed by atoms with Gasteiger partial charge in [0.1, 0.15) is 0 Å². The summed E-state index contributed by atoms with van der Waals surface area (Å²) in [6.07, 6.45) is 2.16. The highest BCUT2D eigenvalue weighted by Gasteiger charge is 2.28. The topological polar surface area (TPSA) is 61.9 Å². The summed E-state index contributed by atoms with van der Waals surface area (Å²) in [5.74, 6) is -0.148. The van der Waals surface area contributed by atoms with E-state index in [9.17, 15) is 9.59 Å². The smallest absolute Gasteiger partial charge is 0.255 e. The first-order valence-electron chi connectivity index (χ1n) is 10.7. The van der Waals surface area contributed by atoms with Crippen LogP contribution in [-0.2, 0) is 4.74 Å². The van der Waals surface area contributed by atoms with Crippen molar-refractivity contribution in [1.29, 1.82) is 0 Å². The SMILES string of the molecule is Cc1ccc(C(=O)N2CCN(C3CCOCC3)CC2)cc1NC(=O)c1ccccc1. The van der Waals surface area contributed by atoms with Gasteiger partial charge >= 0.3 is 0 Å². The van der Waals surface area contributed by atoms with Crippen LogP contribution in [0.1, 0.15) is 39.1 Å². The average Bonchev–Trinajstić information content (AvgIpc) is 2.81. The Kier molecular flexibility index (Phi) is 6.45. The van der Waals surface area contributed by atoms with E-state index >= 15 is 0 Å². The molecule has 6 nitrogen and oxygen atoms in total. The van der Waals surface area contributed by atoms with E-state index in [2.05, 4.69) is 10.2 Å². The van der Waals surface area contributed by atoms with Crippen molar-refractivity contribution >= 4 is 17.5 Å². The van der Waals surface area contributed by atoms with Gasteiger partial charge in [0.05, 0.1) is 0 Å². The molecule has 0 aromatic heterocycles. The highest BCUT2D eigenvalue weighted by Crippen LogP contribution is 2.21. The number of carbonyl (C=O) groups is 2. The number of ether oxygens (including phenoxy) is 1. The van der Waals surface area contributed by atoms with Crippen molar-refractivity contribution in [3.8, 4) is 0 Å². The second-order valence-corrected chi connectivity index (χ2v) is 8.02. The lowest BCUT2D eigenvalue weighted by Crippen LogP contribution is -2.53. The summed E-state index contributed by atoms with van der Waals surface area (Å²) >= 11 is 0. The molecule has 1 N–H and O–H groups in total. The van der Waals surface area contributed by atoms with Gasteiger partial charge in [-0.2, -0.15) is 0 Å². The van der Waals surface area contributed by atoms with Gasteiger partial charge in [-0.15, -0.1) is 0 Å². The lowest BCUT2D eigenvalue weighted by atomic mass is 10.1.